The number of hydrogen-bond donors (Lipinski definition) is 1. The Hall–Kier alpha value is -1.88. The fourth-order valence-electron chi connectivity index (χ4n) is 5.04. The van der Waals surface area contributed by atoms with Gasteiger partial charge < -0.3 is 9.67 Å². The third-order valence-electron chi connectivity index (χ3n) is 6.44. The number of aromatic nitrogens is 1. The highest BCUT2D eigenvalue weighted by atomic mass is 16.3. The number of rotatable bonds is 2. The Bertz CT molecular complexity index is 963. The van der Waals surface area contributed by atoms with Crippen LogP contribution in [-0.4, -0.2) is 57.3 Å². The van der Waals surface area contributed by atoms with Crippen LogP contribution in [0.5, 0.6) is 0 Å². The molecule has 0 saturated carbocycles. The molecular formula is C22H27N3O. The third kappa shape index (κ3) is 2.56. The predicted octanol–water partition coefficient (Wildman–Crippen LogP) is 2.97. The van der Waals surface area contributed by atoms with Gasteiger partial charge in [0.05, 0.1) is 6.10 Å². The maximum atomic E-state index is 9.98. The molecule has 2 aromatic carbocycles. The van der Waals surface area contributed by atoms with E-state index in [4.69, 9.17) is 0 Å². The average Bonchev–Trinajstić information content (AvgIpc) is 3.13. The minimum atomic E-state index is -0.140. The minimum absolute atomic E-state index is 0.140. The van der Waals surface area contributed by atoms with E-state index in [9.17, 15) is 5.11 Å². The maximum Gasteiger partial charge on any atom is 0.0682 e. The molecule has 26 heavy (non-hydrogen) atoms. The second-order valence-electron chi connectivity index (χ2n) is 8.20. The number of piperazine rings is 1. The quantitative estimate of drug-likeness (QED) is 0.772. The third-order valence-corrected chi connectivity index (χ3v) is 6.44. The second kappa shape index (κ2) is 6.08. The molecule has 136 valence electrons. The summed E-state index contributed by atoms with van der Waals surface area (Å²) in [6, 6.07) is 16.6. The van der Waals surface area contributed by atoms with Gasteiger partial charge in [-0.15, -0.1) is 0 Å². The Morgan fingerprint density at radius 2 is 1.81 bits per heavy atom. The number of aliphatic hydroxyl groups excluding tert-OH is 1. The van der Waals surface area contributed by atoms with Gasteiger partial charge in [0.15, 0.2) is 0 Å². The van der Waals surface area contributed by atoms with Crippen LogP contribution >= 0.6 is 0 Å². The number of aryl methyl sites for hydroxylation is 1. The van der Waals surface area contributed by atoms with E-state index in [1.165, 1.54) is 27.4 Å². The van der Waals surface area contributed by atoms with E-state index in [0.717, 1.165) is 32.6 Å². The van der Waals surface area contributed by atoms with E-state index in [-0.39, 0.29) is 6.10 Å². The Balaban J connectivity index is 1.44. The molecule has 3 atom stereocenters. The minimum Gasteiger partial charge on any atom is -0.392 e. The molecule has 0 amide bonds. The maximum absolute atomic E-state index is 9.98. The molecule has 0 unspecified atom stereocenters. The van der Waals surface area contributed by atoms with Crippen molar-refractivity contribution < 1.29 is 5.11 Å². The Morgan fingerprint density at radius 1 is 1.00 bits per heavy atom. The van der Waals surface area contributed by atoms with Crippen molar-refractivity contribution in [2.24, 2.45) is 7.05 Å². The summed E-state index contributed by atoms with van der Waals surface area (Å²) in [5, 5.41) is 12.6. The van der Waals surface area contributed by atoms with Gasteiger partial charge in [0.2, 0.25) is 0 Å². The van der Waals surface area contributed by atoms with Crippen molar-refractivity contribution in [2.75, 3.05) is 19.6 Å². The zero-order valence-electron chi connectivity index (χ0n) is 15.6. The lowest BCUT2D eigenvalue weighted by Crippen LogP contribution is -2.54. The largest absolute Gasteiger partial charge is 0.392 e. The van der Waals surface area contributed by atoms with Gasteiger partial charge in [0.1, 0.15) is 0 Å². The van der Waals surface area contributed by atoms with Crippen molar-refractivity contribution in [1.82, 2.24) is 14.4 Å². The van der Waals surface area contributed by atoms with Crippen molar-refractivity contribution in [3.8, 4) is 0 Å². The molecule has 2 aliphatic heterocycles. The standard InChI is InChI=1S/C22H27N3O/c1-15-11-25-14-18(26)10-17(25)13-24(15)12-16-7-8-20-19-5-3-4-6-21(19)23(2)22(20)9-16/h3-9,15,17-18,26H,10-14H2,1-2H3/t15-,17+,18+/m0/s1. The molecule has 5 rings (SSSR count). The SMILES string of the molecule is C[C@H]1CN2C[C@H](O)C[C@@H]2CN1Cc1ccc2c3ccccc3n(C)c2c1. The van der Waals surface area contributed by atoms with Crippen LogP contribution < -0.4 is 0 Å². The number of fused-ring (bicyclic) bond motifs is 4. The first-order chi connectivity index (χ1) is 12.6. The first-order valence-corrected chi connectivity index (χ1v) is 9.72. The molecule has 3 heterocycles. The van der Waals surface area contributed by atoms with Crippen LogP contribution in [0, 0.1) is 0 Å². The molecule has 0 radical (unpaired) electrons. The summed E-state index contributed by atoms with van der Waals surface area (Å²) >= 11 is 0. The van der Waals surface area contributed by atoms with E-state index in [1.54, 1.807) is 0 Å². The molecule has 0 spiro atoms. The van der Waals surface area contributed by atoms with Crippen LogP contribution in [0.4, 0.5) is 0 Å². The Kier molecular flexibility index (Phi) is 3.82. The van der Waals surface area contributed by atoms with Gasteiger partial charge in [-0.05, 0) is 31.0 Å². The predicted molar refractivity (Wildman–Crippen MR) is 106 cm³/mol. The molecule has 1 aromatic heterocycles. The summed E-state index contributed by atoms with van der Waals surface area (Å²) < 4.78 is 2.31. The van der Waals surface area contributed by atoms with Gasteiger partial charge in [-0.2, -0.15) is 0 Å². The highest BCUT2D eigenvalue weighted by molar-refractivity contribution is 6.08. The van der Waals surface area contributed by atoms with Gasteiger partial charge in [0.25, 0.3) is 0 Å². The summed E-state index contributed by atoms with van der Waals surface area (Å²) in [7, 11) is 2.16. The lowest BCUT2D eigenvalue weighted by Gasteiger charge is -2.42. The van der Waals surface area contributed by atoms with Crippen molar-refractivity contribution in [3.05, 3.63) is 48.0 Å². The molecule has 1 N–H and O–H groups in total. The van der Waals surface area contributed by atoms with Crippen LogP contribution in [0.2, 0.25) is 0 Å². The van der Waals surface area contributed by atoms with E-state index >= 15 is 0 Å². The highest BCUT2D eigenvalue weighted by Gasteiger charge is 2.37. The summed E-state index contributed by atoms with van der Waals surface area (Å²) in [6.07, 6.45) is 0.783. The first kappa shape index (κ1) is 16.3. The van der Waals surface area contributed by atoms with Crippen LogP contribution in [-0.2, 0) is 13.6 Å². The lowest BCUT2D eigenvalue weighted by atomic mass is 10.1. The molecule has 0 bridgehead atoms. The summed E-state index contributed by atoms with van der Waals surface area (Å²) in [6.45, 7) is 6.28. The van der Waals surface area contributed by atoms with E-state index < -0.39 is 0 Å². The zero-order valence-corrected chi connectivity index (χ0v) is 15.6. The Labute approximate surface area is 154 Å². The number of hydrogen-bond acceptors (Lipinski definition) is 3. The van der Waals surface area contributed by atoms with Gasteiger partial charge in [-0.25, -0.2) is 0 Å². The van der Waals surface area contributed by atoms with Crippen molar-refractivity contribution in [1.29, 1.82) is 0 Å². The smallest absolute Gasteiger partial charge is 0.0682 e. The van der Waals surface area contributed by atoms with Crippen LogP contribution in [0.1, 0.15) is 18.9 Å². The van der Waals surface area contributed by atoms with Crippen molar-refractivity contribution in [2.45, 2.75) is 38.1 Å². The van der Waals surface area contributed by atoms with Gasteiger partial charge in [-0.3, -0.25) is 9.80 Å². The topological polar surface area (TPSA) is 31.6 Å². The number of aliphatic hydroxyl groups is 1. The fraction of sp³-hybridized carbons (Fsp3) is 0.455. The molecule has 2 aliphatic rings. The summed E-state index contributed by atoms with van der Waals surface area (Å²) in [5.74, 6) is 0. The van der Waals surface area contributed by atoms with Gasteiger partial charge in [0, 0.05) is 67.1 Å². The zero-order chi connectivity index (χ0) is 17.8. The van der Waals surface area contributed by atoms with Crippen molar-refractivity contribution in [3.63, 3.8) is 0 Å². The van der Waals surface area contributed by atoms with E-state index in [2.05, 4.69) is 70.8 Å². The normalized spacial score (nSPS) is 27.4. The molecular weight excluding hydrogens is 322 g/mol. The van der Waals surface area contributed by atoms with Crippen LogP contribution in [0.25, 0.3) is 21.8 Å². The monoisotopic (exact) mass is 349 g/mol. The molecule has 2 saturated heterocycles. The molecule has 2 fully saturated rings. The second-order valence-corrected chi connectivity index (χ2v) is 8.20. The number of para-hydroxylation sites is 1. The molecule has 0 aliphatic carbocycles. The molecule has 4 nitrogen and oxygen atoms in total. The van der Waals surface area contributed by atoms with Crippen molar-refractivity contribution >= 4 is 21.8 Å². The molecule has 3 aromatic rings. The fourth-order valence-corrected chi connectivity index (χ4v) is 5.04. The van der Waals surface area contributed by atoms with Crippen LogP contribution in [0.15, 0.2) is 42.5 Å². The first-order valence-electron chi connectivity index (χ1n) is 9.72. The Morgan fingerprint density at radius 3 is 2.69 bits per heavy atom. The van der Waals surface area contributed by atoms with E-state index in [0.29, 0.717) is 12.1 Å². The van der Waals surface area contributed by atoms with E-state index in [1.807, 2.05) is 0 Å². The van der Waals surface area contributed by atoms with Gasteiger partial charge >= 0.3 is 0 Å². The highest BCUT2D eigenvalue weighted by Crippen LogP contribution is 2.30. The van der Waals surface area contributed by atoms with Crippen LogP contribution in [0.3, 0.4) is 0 Å². The number of nitrogens with zero attached hydrogens (tertiary/aromatic N) is 3. The average molecular weight is 349 g/mol. The summed E-state index contributed by atoms with van der Waals surface area (Å²) in [5.41, 5.74) is 3.98. The molecule has 4 heteroatoms. The van der Waals surface area contributed by atoms with Gasteiger partial charge in [-0.1, -0.05) is 30.3 Å². The lowest BCUT2D eigenvalue weighted by molar-refractivity contribution is 0.0529. The number of benzene rings is 2. The summed E-state index contributed by atoms with van der Waals surface area (Å²) in [4.78, 5) is 5.06.